The van der Waals surface area contributed by atoms with Crippen molar-refractivity contribution in [2.24, 2.45) is 0 Å². The molecule has 0 saturated heterocycles. The highest BCUT2D eigenvalue weighted by Gasteiger charge is 2.14. The van der Waals surface area contributed by atoms with Crippen LogP contribution in [0.15, 0.2) is 21.4 Å². The predicted molar refractivity (Wildman–Crippen MR) is 73.8 cm³/mol. The average Bonchev–Trinajstić information content (AvgIpc) is 3.05. The lowest BCUT2D eigenvalue weighted by molar-refractivity contribution is 0.368. The molecule has 2 rings (SSSR count). The first kappa shape index (κ1) is 15.6. The van der Waals surface area contributed by atoms with E-state index in [9.17, 15) is 8.42 Å². The molecule has 8 nitrogen and oxygen atoms in total. The molecule has 2 aromatic heterocycles. The first-order valence-corrected chi connectivity index (χ1v) is 8.30. The quantitative estimate of drug-likeness (QED) is 0.729. The molecular formula is C12H18N4O4S. The van der Waals surface area contributed by atoms with E-state index in [-0.39, 0.29) is 11.7 Å². The number of aromatic nitrogens is 3. The van der Waals surface area contributed by atoms with Crippen LogP contribution in [0, 0.1) is 0 Å². The normalized spacial score (nSPS) is 12.1. The monoisotopic (exact) mass is 314 g/mol. The second-order valence-corrected chi connectivity index (χ2v) is 6.76. The van der Waals surface area contributed by atoms with Crippen LogP contribution in [0.3, 0.4) is 0 Å². The van der Waals surface area contributed by atoms with Crippen LogP contribution in [0.4, 0.5) is 0 Å². The second kappa shape index (κ2) is 6.81. The van der Waals surface area contributed by atoms with Gasteiger partial charge in [-0.05, 0) is 6.42 Å². The molecule has 0 amide bonds. The van der Waals surface area contributed by atoms with Crippen molar-refractivity contribution < 1.29 is 17.5 Å². The van der Waals surface area contributed by atoms with Gasteiger partial charge in [0.05, 0.1) is 5.69 Å². The van der Waals surface area contributed by atoms with E-state index in [1.807, 2.05) is 13.8 Å². The molecule has 1 N–H and O–H groups in total. The lowest BCUT2D eigenvalue weighted by Crippen LogP contribution is -2.26. The van der Waals surface area contributed by atoms with E-state index in [1.165, 1.54) is 12.3 Å². The molecule has 0 aliphatic heterocycles. The summed E-state index contributed by atoms with van der Waals surface area (Å²) in [6.45, 7) is 4.26. The Morgan fingerprint density at radius 2 is 2.14 bits per heavy atom. The molecule has 0 saturated carbocycles. The molecule has 0 atom stereocenters. The Balaban J connectivity index is 1.73. The molecule has 0 spiro atoms. The van der Waals surface area contributed by atoms with Crippen LogP contribution < -0.4 is 4.72 Å². The minimum absolute atomic E-state index is 0.193. The summed E-state index contributed by atoms with van der Waals surface area (Å²) in [7, 11) is -3.41. The molecule has 0 aliphatic rings. The zero-order valence-electron chi connectivity index (χ0n) is 11.9. The van der Waals surface area contributed by atoms with E-state index in [2.05, 4.69) is 24.5 Å². The summed E-state index contributed by atoms with van der Waals surface area (Å²) in [5.41, 5.74) is 0.376. The fraction of sp³-hybridized carbons (Fsp3) is 0.583. The van der Waals surface area contributed by atoms with Gasteiger partial charge in [0.2, 0.25) is 15.9 Å². The van der Waals surface area contributed by atoms with Crippen LogP contribution >= 0.6 is 0 Å². The fourth-order valence-electron chi connectivity index (χ4n) is 1.63. The van der Waals surface area contributed by atoms with Crippen LogP contribution in [-0.2, 0) is 22.2 Å². The van der Waals surface area contributed by atoms with E-state index >= 15 is 0 Å². The van der Waals surface area contributed by atoms with Gasteiger partial charge in [-0.3, -0.25) is 0 Å². The predicted octanol–water partition coefficient (Wildman–Crippen LogP) is 1.23. The molecule has 2 heterocycles. The first-order chi connectivity index (χ1) is 9.96. The van der Waals surface area contributed by atoms with Crippen LogP contribution in [0.25, 0.3) is 0 Å². The summed E-state index contributed by atoms with van der Waals surface area (Å²) in [4.78, 5) is 4.23. The van der Waals surface area contributed by atoms with E-state index in [0.717, 1.165) is 0 Å². The molecule has 0 aromatic carbocycles. The summed E-state index contributed by atoms with van der Waals surface area (Å²) in [6.07, 6.45) is 2.46. The molecular weight excluding hydrogens is 296 g/mol. The van der Waals surface area contributed by atoms with Crippen LogP contribution in [0.5, 0.6) is 0 Å². The Morgan fingerprint density at radius 1 is 1.33 bits per heavy atom. The summed E-state index contributed by atoms with van der Waals surface area (Å²) in [5.74, 6) is 1.20. The maximum absolute atomic E-state index is 11.8. The largest absolute Gasteiger partial charge is 0.364 e. The molecule has 116 valence electrons. The van der Waals surface area contributed by atoms with Crippen molar-refractivity contribution in [2.75, 3.05) is 6.54 Å². The Kier molecular flexibility index (Phi) is 5.07. The lowest BCUT2D eigenvalue weighted by Gasteiger charge is -2.03. The van der Waals surface area contributed by atoms with Crippen molar-refractivity contribution >= 4 is 10.0 Å². The minimum atomic E-state index is -3.41. The summed E-state index contributed by atoms with van der Waals surface area (Å²) < 4.78 is 35.7. The van der Waals surface area contributed by atoms with Crippen LogP contribution in [0.2, 0.25) is 0 Å². The van der Waals surface area contributed by atoms with Crippen molar-refractivity contribution in [2.45, 2.75) is 38.4 Å². The Bertz CT molecular complexity index is 649. The molecule has 9 heteroatoms. The van der Waals surface area contributed by atoms with Gasteiger partial charge in [0.25, 0.3) is 0 Å². The van der Waals surface area contributed by atoms with E-state index in [4.69, 9.17) is 4.52 Å². The SMILES string of the molecule is CC(C)c1noc(CCCNS(=O)(=O)Cc2ccon2)n1. The second-order valence-electron chi connectivity index (χ2n) is 4.95. The number of nitrogens with one attached hydrogen (secondary N) is 1. The van der Waals surface area contributed by atoms with Gasteiger partial charge in [0.15, 0.2) is 5.82 Å². The summed E-state index contributed by atoms with van der Waals surface area (Å²) in [6, 6.07) is 1.52. The summed E-state index contributed by atoms with van der Waals surface area (Å²) in [5, 5.41) is 7.42. The van der Waals surface area contributed by atoms with E-state index < -0.39 is 10.0 Å². The third-order valence-corrected chi connectivity index (χ3v) is 4.04. The van der Waals surface area contributed by atoms with Gasteiger partial charge in [-0.15, -0.1) is 0 Å². The first-order valence-electron chi connectivity index (χ1n) is 6.65. The average molecular weight is 314 g/mol. The summed E-state index contributed by atoms with van der Waals surface area (Å²) >= 11 is 0. The zero-order valence-corrected chi connectivity index (χ0v) is 12.8. The highest BCUT2D eigenvalue weighted by Crippen LogP contribution is 2.10. The minimum Gasteiger partial charge on any atom is -0.364 e. The number of nitrogens with zero attached hydrogens (tertiary/aromatic N) is 3. The molecule has 21 heavy (non-hydrogen) atoms. The third kappa shape index (κ3) is 4.94. The highest BCUT2D eigenvalue weighted by molar-refractivity contribution is 7.88. The molecule has 0 radical (unpaired) electrons. The van der Waals surface area contributed by atoms with Crippen molar-refractivity contribution in [1.82, 2.24) is 20.0 Å². The zero-order chi connectivity index (χ0) is 15.3. The smallest absolute Gasteiger partial charge is 0.226 e. The van der Waals surface area contributed by atoms with Gasteiger partial charge in [-0.1, -0.05) is 24.2 Å². The van der Waals surface area contributed by atoms with Crippen molar-refractivity contribution in [3.63, 3.8) is 0 Å². The molecule has 0 bridgehead atoms. The Hall–Kier alpha value is -1.74. The maximum atomic E-state index is 11.8. The van der Waals surface area contributed by atoms with Crippen LogP contribution in [0.1, 0.15) is 43.6 Å². The van der Waals surface area contributed by atoms with E-state index in [0.29, 0.717) is 36.8 Å². The van der Waals surface area contributed by atoms with Gasteiger partial charge in [0, 0.05) is 24.9 Å². The van der Waals surface area contributed by atoms with Crippen molar-refractivity contribution in [1.29, 1.82) is 0 Å². The van der Waals surface area contributed by atoms with E-state index in [1.54, 1.807) is 0 Å². The number of hydrogen-bond acceptors (Lipinski definition) is 7. The number of rotatable bonds is 8. The lowest BCUT2D eigenvalue weighted by atomic mass is 10.2. The Labute approximate surface area is 123 Å². The molecule has 0 unspecified atom stereocenters. The third-order valence-electron chi connectivity index (χ3n) is 2.72. The highest BCUT2D eigenvalue weighted by atomic mass is 32.2. The standard InChI is InChI=1S/C12H18N4O4S/c1-9(2)12-14-11(20-16-12)4-3-6-13-21(17,18)8-10-5-7-19-15-10/h5,7,9,13H,3-4,6,8H2,1-2H3. The number of sulfonamides is 1. The van der Waals surface area contributed by atoms with Crippen LogP contribution in [-0.4, -0.2) is 30.3 Å². The van der Waals surface area contributed by atoms with Gasteiger partial charge in [-0.2, -0.15) is 4.98 Å². The number of hydrogen-bond donors (Lipinski definition) is 1. The molecule has 2 aromatic rings. The van der Waals surface area contributed by atoms with Gasteiger partial charge in [-0.25, -0.2) is 13.1 Å². The fourth-order valence-corrected chi connectivity index (χ4v) is 2.72. The Morgan fingerprint density at radius 3 is 2.76 bits per heavy atom. The van der Waals surface area contributed by atoms with Gasteiger partial charge < -0.3 is 9.05 Å². The van der Waals surface area contributed by atoms with Crippen molar-refractivity contribution in [3.8, 4) is 0 Å². The molecule has 0 aliphatic carbocycles. The maximum Gasteiger partial charge on any atom is 0.226 e. The molecule has 0 fully saturated rings. The topological polar surface area (TPSA) is 111 Å². The van der Waals surface area contributed by atoms with Crippen molar-refractivity contribution in [3.05, 3.63) is 29.7 Å². The van der Waals surface area contributed by atoms with Gasteiger partial charge >= 0.3 is 0 Å². The number of aryl methyl sites for hydroxylation is 1. The van der Waals surface area contributed by atoms with Gasteiger partial charge in [0.1, 0.15) is 12.0 Å².